The summed E-state index contributed by atoms with van der Waals surface area (Å²) in [6, 6.07) is 16.0. The number of hydrogen-bond donors (Lipinski definition) is 2. The number of H-pyrrole nitrogens is 1. The van der Waals surface area contributed by atoms with Crippen LogP contribution in [-0.4, -0.2) is 11.5 Å². The van der Waals surface area contributed by atoms with Gasteiger partial charge in [0, 0.05) is 30.2 Å². The van der Waals surface area contributed by atoms with Crippen LogP contribution in [0.25, 0.3) is 10.9 Å². The van der Waals surface area contributed by atoms with Gasteiger partial charge in [-0.1, -0.05) is 70.5 Å². The highest BCUT2D eigenvalue weighted by molar-refractivity contribution is 5.85. The van der Waals surface area contributed by atoms with E-state index in [-0.39, 0.29) is 12.4 Å². The van der Waals surface area contributed by atoms with E-state index in [1.54, 1.807) is 11.1 Å². The second-order valence-electron chi connectivity index (χ2n) is 11.1. The summed E-state index contributed by atoms with van der Waals surface area (Å²) >= 11 is 0. The van der Waals surface area contributed by atoms with Crippen molar-refractivity contribution in [1.82, 2.24) is 10.3 Å². The zero-order chi connectivity index (χ0) is 21.6. The molecule has 2 N–H and O–H groups in total. The largest absolute Gasteiger partial charge is 0.361 e. The lowest BCUT2D eigenvalue weighted by molar-refractivity contribution is 0.0257. The van der Waals surface area contributed by atoms with Gasteiger partial charge in [0.05, 0.1) is 0 Å². The summed E-state index contributed by atoms with van der Waals surface area (Å²) < 4.78 is 0. The summed E-state index contributed by atoms with van der Waals surface area (Å²) in [6.45, 7) is 11.8. The number of halogens is 1. The molecule has 3 atom stereocenters. The highest BCUT2D eigenvalue weighted by Crippen LogP contribution is 2.57. The Morgan fingerprint density at radius 3 is 2.72 bits per heavy atom. The van der Waals surface area contributed by atoms with Crippen molar-refractivity contribution >= 4 is 23.3 Å². The first-order valence-electron chi connectivity index (χ1n) is 12.3. The third kappa shape index (κ3) is 3.90. The van der Waals surface area contributed by atoms with E-state index in [1.165, 1.54) is 54.1 Å². The number of fused-ring (bicyclic) bond motifs is 4. The fourth-order valence-electron chi connectivity index (χ4n) is 6.98. The molecule has 0 radical (unpaired) electrons. The summed E-state index contributed by atoms with van der Waals surface area (Å²) in [4.78, 5) is 3.42. The number of aryl methyl sites for hydroxylation is 1. The molecule has 0 bridgehead atoms. The monoisotopic (exact) mass is 450 g/mol. The molecular formula is C29H39ClN2. The van der Waals surface area contributed by atoms with E-state index in [0.717, 1.165) is 19.0 Å². The van der Waals surface area contributed by atoms with E-state index in [9.17, 15) is 0 Å². The quantitative estimate of drug-likeness (QED) is 0.413. The molecule has 2 aliphatic carbocycles. The van der Waals surface area contributed by atoms with Crippen LogP contribution in [0.1, 0.15) is 81.5 Å². The van der Waals surface area contributed by atoms with Gasteiger partial charge in [0.15, 0.2) is 0 Å². The maximum atomic E-state index is 3.87. The minimum absolute atomic E-state index is 0. The first kappa shape index (κ1) is 23.4. The number of nitrogens with one attached hydrogen (secondary N) is 2. The Hall–Kier alpha value is -1.77. The number of aromatic nitrogens is 1. The minimum Gasteiger partial charge on any atom is -0.361 e. The summed E-state index contributed by atoms with van der Waals surface area (Å²) in [5.41, 5.74) is 8.07. The van der Waals surface area contributed by atoms with Gasteiger partial charge in [0.25, 0.3) is 0 Å². The molecule has 1 heterocycles. The third-order valence-electron chi connectivity index (χ3n) is 8.69. The number of aromatic amines is 1. The Bertz CT molecular complexity index is 1080. The van der Waals surface area contributed by atoms with Crippen molar-refractivity contribution in [2.75, 3.05) is 6.54 Å². The summed E-state index contributed by atoms with van der Waals surface area (Å²) in [5, 5.41) is 5.22. The average molecular weight is 451 g/mol. The molecule has 3 heteroatoms. The van der Waals surface area contributed by atoms with Crippen LogP contribution in [0.5, 0.6) is 0 Å². The van der Waals surface area contributed by atoms with Crippen LogP contribution in [0.2, 0.25) is 0 Å². The van der Waals surface area contributed by atoms with Gasteiger partial charge >= 0.3 is 0 Å². The molecule has 172 valence electrons. The number of hydrogen-bond acceptors (Lipinski definition) is 1. The standard InChI is InChI=1S/C29H38N2.ClH/c1-20(2)21-10-12-25-22(16-21)11-13-27-28(3,14-7-15-29(25,27)4)19-30-17-23-18-31-26-9-6-5-8-24(23)26;/h5-6,8-10,12,16,18,20,27,30-31H,7,11,13-15,17,19H2,1-4H3;1H. The van der Waals surface area contributed by atoms with Gasteiger partial charge in [-0.2, -0.15) is 0 Å². The van der Waals surface area contributed by atoms with Gasteiger partial charge < -0.3 is 10.3 Å². The molecule has 0 saturated heterocycles. The Morgan fingerprint density at radius 2 is 1.91 bits per heavy atom. The maximum absolute atomic E-state index is 3.87. The van der Waals surface area contributed by atoms with Crippen molar-refractivity contribution in [1.29, 1.82) is 0 Å². The third-order valence-corrected chi connectivity index (χ3v) is 8.69. The smallest absolute Gasteiger partial charge is 0.0457 e. The number of benzene rings is 2. The molecule has 1 saturated carbocycles. The summed E-state index contributed by atoms with van der Waals surface area (Å²) in [7, 11) is 0. The average Bonchev–Trinajstić information content (AvgIpc) is 3.16. The Balaban J connectivity index is 0.00000245. The molecule has 1 aromatic heterocycles. The molecule has 5 rings (SSSR count). The molecule has 2 aromatic carbocycles. The lowest BCUT2D eigenvalue weighted by atomic mass is 9.49. The van der Waals surface area contributed by atoms with Gasteiger partial charge in [0.2, 0.25) is 0 Å². The first-order chi connectivity index (χ1) is 14.9. The van der Waals surface area contributed by atoms with E-state index in [4.69, 9.17) is 0 Å². The van der Waals surface area contributed by atoms with Gasteiger partial charge in [-0.25, -0.2) is 0 Å². The maximum Gasteiger partial charge on any atom is 0.0457 e. The number of rotatable bonds is 5. The second kappa shape index (κ2) is 8.88. The minimum atomic E-state index is 0. The van der Waals surface area contributed by atoms with Crippen molar-refractivity contribution in [3.8, 4) is 0 Å². The Morgan fingerprint density at radius 1 is 1.09 bits per heavy atom. The molecule has 0 spiro atoms. The van der Waals surface area contributed by atoms with Crippen LogP contribution in [0.3, 0.4) is 0 Å². The molecule has 0 amide bonds. The summed E-state index contributed by atoms with van der Waals surface area (Å²) in [5.74, 6) is 1.36. The van der Waals surface area contributed by atoms with Crippen molar-refractivity contribution in [2.45, 2.75) is 77.7 Å². The van der Waals surface area contributed by atoms with Crippen molar-refractivity contribution in [3.05, 3.63) is 70.9 Å². The number of para-hydroxylation sites is 1. The highest BCUT2D eigenvalue weighted by atomic mass is 35.5. The van der Waals surface area contributed by atoms with E-state index in [1.807, 2.05) is 0 Å². The molecular weight excluding hydrogens is 412 g/mol. The normalized spacial score (nSPS) is 27.1. The first-order valence-corrected chi connectivity index (χ1v) is 12.3. The lowest BCUT2D eigenvalue weighted by Crippen LogP contribution is -2.52. The van der Waals surface area contributed by atoms with Crippen LogP contribution >= 0.6 is 12.4 Å². The second-order valence-corrected chi connectivity index (χ2v) is 11.1. The topological polar surface area (TPSA) is 27.8 Å². The van der Waals surface area contributed by atoms with Gasteiger partial charge in [0.1, 0.15) is 0 Å². The fourth-order valence-corrected chi connectivity index (χ4v) is 6.98. The van der Waals surface area contributed by atoms with Gasteiger partial charge in [-0.15, -0.1) is 12.4 Å². The van der Waals surface area contributed by atoms with E-state index < -0.39 is 0 Å². The Labute approximate surface area is 200 Å². The van der Waals surface area contributed by atoms with E-state index in [0.29, 0.717) is 16.7 Å². The van der Waals surface area contributed by atoms with Crippen LogP contribution in [0.15, 0.2) is 48.7 Å². The highest BCUT2D eigenvalue weighted by Gasteiger charge is 2.51. The van der Waals surface area contributed by atoms with Crippen molar-refractivity contribution < 1.29 is 0 Å². The lowest BCUT2D eigenvalue weighted by Gasteiger charge is -2.55. The van der Waals surface area contributed by atoms with Crippen LogP contribution < -0.4 is 5.32 Å². The molecule has 3 unspecified atom stereocenters. The molecule has 0 aliphatic heterocycles. The zero-order valence-electron chi connectivity index (χ0n) is 20.1. The predicted molar refractivity (Wildman–Crippen MR) is 139 cm³/mol. The van der Waals surface area contributed by atoms with Crippen LogP contribution in [0, 0.1) is 11.3 Å². The molecule has 3 aromatic rings. The fraction of sp³-hybridized carbons (Fsp3) is 0.517. The van der Waals surface area contributed by atoms with Crippen LogP contribution in [-0.2, 0) is 18.4 Å². The van der Waals surface area contributed by atoms with Gasteiger partial charge in [-0.05, 0) is 76.7 Å². The molecule has 2 nitrogen and oxygen atoms in total. The van der Waals surface area contributed by atoms with E-state index in [2.05, 4.69) is 86.7 Å². The molecule has 32 heavy (non-hydrogen) atoms. The van der Waals surface area contributed by atoms with Crippen molar-refractivity contribution in [3.63, 3.8) is 0 Å². The molecule has 2 aliphatic rings. The van der Waals surface area contributed by atoms with Gasteiger partial charge in [-0.3, -0.25) is 0 Å². The Kier molecular flexibility index (Phi) is 6.49. The van der Waals surface area contributed by atoms with E-state index >= 15 is 0 Å². The zero-order valence-corrected chi connectivity index (χ0v) is 20.9. The van der Waals surface area contributed by atoms with Crippen LogP contribution in [0.4, 0.5) is 0 Å². The molecule has 1 fully saturated rings. The SMILES string of the molecule is CC(C)c1ccc2c(c1)CCC1C(C)(CNCc3c[nH]c4ccccc34)CCCC21C.Cl. The van der Waals surface area contributed by atoms with Crippen molar-refractivity contribution in [2.24, 2.45) is 11.3 Å². The summed E-state index contributed by atoms with van der Waals surface area (Å²) in [6.07, 6.45) is 8.76. The predicted octanol–water partition coefficient (Wildman–Crippen LogP) is 7.51.